The summed E-state index contributed by atoms with van der Waals surface area (Å²) in [6.07, 6.45) is 0.862. The minimum Gasteiger partial charge on any atom is -0.315 e. The number of hydrogen-bond donors (Lipinski definition) is 1. The quantitative estimate of drug-likeness (QED) is 0.943. The van der Waals surface area contributed by atoms with E-state index in [1.807, 2.05) is 24.3 Å². The van der Waals surface area contributed by atoms with Crippen molar-refractivity contribution in [2.45, 2.75) is 19.3 Å². The first-order chi connectivity index (χ1) is 9.13. The molecule has 98 valence electrons. The second-order valence-electron chi connectivity index (χ2n) is 4.64. The Kier molecular flexibility index (Phi) is 3.10. The van der Waals surface area contributed by atoms with E-state index in [2.05, 4.69) is 31.4 Å². The van der Waals surface area contributed by atoms with Gasteiger partial charge in [-0.2, -0.15) is 4.98 Å². The number of carbonyl (C=O) groups is 1. The fourth-order valence-corrected chi connectivity index (χ4v) is 2.37. The number of aromatic nitrogens is 2. The van der Waals surface area contributed by atoms with Gasteiger partial charge in [0.2, 0.25) is 5.91 Å². The van der Waals surface area contributed by atoms with Crippen LogP contribution in [-0.4, -0.2) is 16.0 Å². The molecule has 0 saturated heterocycles. The van der Waals surface area contributed by atoms with Crippen LogP contribution in [-0.2, 0) is 4.79 Å². The van der Waals surface area contributed by atoms with E-state index in [1.54, 1.807) is 6.92 Å². The van der Waals surface area contributed by atoms with E-state index >= 15 is 0 Å². The highest BCUT2D eigenvalue weighted by atomic mass is 79.9. The summed E-state index contributed by atoms with van der Waals surface area (Å²) in [6.45, 7) is 1.71. The van der Waals surface area contributed by atoms with Gasteiger partial charge in [-0.1, -0.05) is 33.2 Å². The number of nitrogens with zero attached hydrogens (tertiary/aromatic N) is 2. The summed E-state index contributed by atoms with van der Waals surface area (Å²) in [5, 5.41) is 6.28. The van der Waals surface area contributed by atoms with Crippen LogP contribution in [0.3, 0.4) is 0 Å². The first-order valence-electron chi connectivity index (χ1n) is 6.00. The van der Waals surface area contributed by atoms with Crippen molar-refractivity contribution in [3.05, 3.63) is 40.1 Å². The third-order valence-electron chi connectivity index (χ3n) is 3.18. The number of hydrogen-bond acceptors (Lipinski definition) is 4. The van der Waals surface area contributed by atoms with Crippen LogP contribution in [0.1, 0.15) is 23.7 Å². The second kappa shape index (κ2) is 4.77. The van der Waals surface area contributed by atoms with E-state index in [1.165, 1.54) is 5.56 Å². The van der Waals surface area contributed by atoms with Crippen molar-refractivity contribution in [1.82, 2.24) is 10.1 Å². The van der Waals surface area contributed by atoms with Crippen LogP contribution < -0.4 is 5.32 Å². The molecule has 0 bridgehead atoms. The zero-order valence-electron chi connectivity index (χ0n) is 10.3. The second-order valence-corrected chi connectivity index (χ2v) is 5.55. The summed E-state index contributed by atoms with van der Waals surface area (Å²) in [5.74, 6) is 0.734. The zero-order valence-corrected chi connectivity index (χ0v) is 11.8. The molecule has 5 nitrogen and oxygen atoms in total. The van der Waals surface area contributed by atoms with Gasteiger partial charge in [-0.05, 0) is 37.0 Å². The minimum atomic E-state index is -0.0587. The number of amides is 1. The molecule has 2 atom stereocenters. The molecule has 0 spiro atoms. The van der Waals surface area contributed by atoms with Crippen molar-refractivity contribution in [3.63, 3.8) is 0 Å². The van der Waals surface area contributed by atoms with Crippen LogP contribution in [0.25, 0.3) is 0 Å². The summed E-state index contributed by atoms with van der Waals surface area (Å²) in [5.41, 5.74) is 1.19. The fourth-order valence-electron chi connectivity index (χ4n) is 2.11. The molecule has 0 unspecified atom stereocenters. The molecule has 3 rings (SSSR count). The minimum absolute atomic E-state index is 0.00613. The number of aryl methyl sites for hydroxylation is 1. The Hall–Kier alpha value is -1.69. The Morgan fingerprint density at radius 3 is 2.79 bits per heavy atom. The number of carbonyl (C=O) groups excluding carboxylic acids is 1. The van der Waals surface area contributed by atoms with Crippen molar-refractivity contribution in [2.75, 3.05) is 5.32 Å². The van der Waals surface area contributed by atoms with Crippen LogP contribution in [0, 0.1) is 12.8 Å². The average molecular weight is 322 g/mol. The van der Waals surface area contributed by atoms with Gasteiger partial charge in [0.25, 0.3) is 0 Å². The monoisotopic (exact) mass is 321 g/mol. The number of nitrogens with one attached hydrogen (secondary N) is 1. The molecule has 0 radical (unpaired) electrons. The maximum atomic E-state index is 12.0. The normalized spacial score (nSPS) is 21.2. The van der Waals surface area contributed by atoms with Crippen molar-refractivity contribution >= 4 is 27.9 Å². The molecule has 1 heterocycles. The molecule has 1 saturated carbocycles. The van der Waals surface area contributed by atoms with Gasteiger partial charge in [0.05, 0.1) is 0 Å². The summed E-state index contributed by atoms with van der Waals surface area (Å²) < 4.78 is 5.91. The molecule has 1 fully saturated rings. The molecule has 1 N–H and O–H groups in total. The van der Waals surface area contributed by atoms with E-state index < -0.39 is 0 Å². The third kappa shape index (κ3) is 2.68. The van der Waals surface area contributed by atoms with Crippen LogP contribution in [0.2, 0.25) is 0 Å². The molecule has 1 aliphatic rings. The first-order valence-corrected chi connectivity index (χ1v) is 6.79. The van der Waals surface area contributed by atoms with E-state index in [9.17, 15) is 4.79 Å². The highest BCUT2D eigenvalue weighted by molar-refractivity contribution is 9.10. The van der Waals surface area contributed by atoms with Crippen LogP contribution >= 0.6 is 15.9 Å². The maximum absolute atomic E-state index is 12.0. The topological polar surface area (TPSA) is 68.0 Å². The Balaban J connectivity index is 1.63. The van der Waals surface area contributed by atoms with Crippen LogP contribution in [0.4, 0.5) is 6.01 Å². The molecule has 1 aliphatic carbocycles. The lowest BCUT2D eigenvalue weighted by molar-refractivity contribution is -0.117. The van der Waals surface area contributed by atoms with Crippen LogP contribution in [0.5, 0.6) is 0 Å². The number of halogens is 1. The highest BCUT2D eigenvalue weighted by Gasteiger charge is 2.44. The van der Waals surface area contributed by atoms with Gasteiger partial charge in [-0.15, -0.1) is 0 Å². The van der Waals surface area contributed by atoms with E-state index in [4.69, 9.17) is 4.52 Å². The van der Waals surface area contributed by atoms with Gasteiger partial charge in [0, 0.05) is 10.4 Å². The molecular formula is C13H12BrN3O2. The maximum Gasteiger partial charge on any atom is 0.328 e. The Morgan fingerprint density at radius 1 is 1.42 bits per heavy atom. The molecule has 1 aromatic heterocycles. The fraction of sp³-hybridized carbons (Fsp3) is 0.308. The largest absolute Gasteiger partial charge is 0.328 e. The number of rotatable bonds is 3. The Bertz CT molecular complexity index is 609. The van der Waals surface area contributed by atoms with Crippen LogP contribution in [0.15, 0.2) is 33.3 Å². The predicted molar refractivity (Wildman–Crippen MR) is 72.7 cm³/mol. The lowest BCUT2D eigenvalue weighted by Gasteiger charge is -2.01. The predicted octanol–water partition coefficient (Wildman–Crippen LogP) is 2.88. The molecular weight excluding hydrogens is 310 g/mol. The summed E-state index contributed by atoms with van der Waals surface area (Å²) in [7, 11) is 0. The lowest BCUT2D eigenvalue weighted by atomic mass is 10.1. The van der Waals surface area contributed by atoms with Crippen molar-refractivity contribution in [3.8, 4) is 0 Å². The highest BCUT2D eigenvalue weighted by Crippen LogP contribution is 2.48. The number of benzene rings is 1. The molecule has 0 aliphatic heterocycles. The molecule has 19 heavy (non-hydrogen) atoms. The van der Waals surface area contributed by atoms with Gasteiger partial charge >= 0.3 is 6.01 Å². The lowest BCUT2D eigenvalue weighted by Crippen LogP contribution is -2.14. The van der Waals surface area contributed by atoms with Crippen molar-refractivity contribution in [2.24, 2.45) is 5.92 Å². The smallest absolute Gasteiger partial charge is 0.315 e. The number of anilines is 1. The first kappa shape index (κ1) is 12.3. The summed E-state index contributed by atoms with van der Waals surface area (Å²) in [4.78, 5) is 15.9. The Labute approximate surface area is 118 Å². The summed E-state index contributed by atoms with van der Waals surface area (Å²) in [6, 6.07) is 8.23. The zero-order chi connectivity index (χ0) is 13.4. The molecule has 6 heteroatoms. The van der Waals surface area contributed by atoms with Gasteiger partial charge in [0.15, 0.2) is 5.82 Å². The molecule has 1 aromatic carbocycles. The third-order valence-corrected chi connectivity index (χ3v) is 3.71. The van der Waals surface area contributed by atoms with Gasteiger partial charge in [0.1, 0.15) is 0 Å². The average Bonchev–Trinajstić information content (AvgIpc) is 3.08. The van der Waals surface area contributed by atoms with Gasteiger partial charge in [-0.25, -0.2) is 0 Å². The SMILES string of the molecule is Cc1noc(NC(=O)[C@H]2C[C@@H]2c2ccc(Br)cc2)n1. The standard InChI is InChI=1S/C13H12BrN3O2/c1-7-15-13(19-17-7)16-12(18)11-6-10(11)8-2-4-9(14)5-3-8/h2-5,10-11H,6H2,1H3,(H,15,16,17,18)/t10-,11+/m1/s1. The van der Waals surface area contributed by atoms with E-state index in [0.29, 0.717) is 5.82 Å². The van der Waals surface area contributed by atoms with E-state index in [-0.39, 0.29) is 23.8 Å². The Morgan fingerprint density at radius 2 is 2.16 bits per heavy atom. The summed E-state index contributed by atoms with van der Waals surface area (Å²) >= 11 is 3.40. The van der Waals surface area contributed by atoms with Crippen molar-refractivity contribution < 1.29 is 9.32 Å². The van der Waals surface area contributed by atoms with Gasteiger partial charge in [-0.3, -0.25) is 10.1 Å². The molecule has 1 amide bonds. The van der Waals surface area contributed by atoms with E-state index in [0.717, 1.165) is 10.9 Å². The van der Waals surface area contributed by atoms with Crippen molar-refractivity contribution in [1.29, 1.82) is 0 Å². The molecule has 2 aromatic rings. The van der Waals surface area contributed by atoms with Gasteiger partial charge < -0.3 is 4.52 Å².